The lowest BCUT2D eigenvalue weighted by Crippen LogP contribution is -2.03. The van der Waals surface area contributed by atoms with Crippen LogP contribution in [0.4, 0.5) is 0 Å². The van der Waals surface area contributed by atoms with Crippen LogP contribution in [0.1, 0.15) is 46.0 Å². The molecule has 0 rings (SSSR count). The van der Waals surface area contributed by atoms with E-state index >= 15 is 0 Å². The second kappa shape index (κ2) is 7.60. The third-order valence-corrected chi connectivity index (χ3v) is 2.23. The van der Waals surface area contributed by atoms with Crippen molar-refractivity contribution in [3.63, 3.8) is 0 Å². The largest absolute Gasteiger partial charge is 0.466 e. The molecule has 0 N–H and O–H groups in total. The number of hydrogen-bond acceptors (Lipinski definition) is 2. The van der Waals surface area contributed by atoms with Crippen LogP contribution in [0.3, 0.4) is 0 Å². The minimum absolute atomic E-state index is 0.270. The van der Waals surface area contributed by atoms with Gasteiger partial charge in [-0.25, -0.2) is 4.79 Å². The average Bonchev–Trinajstić information content (AvgIpc) is 2.15. The fraction of sp³-hybridized carbons (Fsp3) is 0.750. The molecule has 0 aliphatic rings. The molecule has 0 amide bonds. The molecule has 0 spiro atoms. The summed E-state index contributed by atoms with van der Waals surface area (Å²) in [5.41, 5.74) is 0.594. The van der Waals surface area contributed by atoms with Crippen molar-refractivity contribution in [1.29, 1.82) is 0 Å². The van der Waals surface area contributed by atoms with E-state index in [0.717, 1.165) is 18.8 Å². The number of carbonyl (C=O) groups is 1. The Morgan fingerprint density at radius 2 is 1.93 bits per heavy atom. The second-order valence-corrected chi connectivity index (χ2v) is 4.09. The molecule has 0 aromatic rings. The third kappa shape index (κ3) is 6.70. The fourth-order valence-electron chi connectivity index (χ4n) is 1.31. The molecule has 0 aromatic heterocycles. The number of methoxy groups -OCH3 is 1. The van der Waals surface area contributed by atoms with Crippen LogP contribution in [0.15, 0.2) is 12.2 Å². The Morgan fingerprint density at radius 3 is 2.43 bits per heavy atom. The van der Waals surface area contributed by atoms with E-state index in [4.69, 9.17) is 0 Å². The molecule has 82 valence electrons. The molecule has 0 aromatic carbocycles. The lowest BCUT2D eigenvalue weighted by molar-refractivity contribution is -0.136. The zero-order valence-corrected chi connectivity index (χ0v) is 9.64. The zero-order chi connectivity index (χ0) is 11.0. The van der Waals surface area contributed by atoms with Gasteiger partial charge in [0.05, 0.1) is 7.11 Å². The molecule has 0 heterocycles. The first-order valence-corrected chi connectivity index (χ1v) is 5.34. The number of ether oxygens (including phenoxy) is 1. The van der Waals surface area contributed by atoms with Crippen molar-refractivity contribution in [3.8, 4) is 0 Å². The van der Waals surface area contributed by atoms with E-state index in [1.807, 2.05) is 0 Å². The molecule has 0 fully saturated rings. The maximum Gasteiger partial charge on any atom is 0.333 e. The van der Waals surface area contributed by atoms with Gasteiger partial charge < -0.3 is 4.74 Å². The minimum Gasteiger partial charge on any atom is -0.466 e. The normalized spacial score (nSPS) is 10.3. The smallest absolute Gasteiger partial charge is 0.333 e. The summed E-state index contributed by atoms with van der Waals surface area (Å²) in [6.07, 6.45) is 5.50. The molecule has 0 bridgehead atoms. The standard InChI is InChI=1S/C12H22O2/c1-10(2)8-6-5-7-9-11(3)12(13)14-4/h10H,3,5-9H2,1-2,4H3. The van der Waals surface area contributed by atoms with E-state index in [9.17, 15) is 4.79 Å². The number of unbranched alkanes of at least 4 members (excludes halogenated alkanes) is 2. The quantitative estimate of drug-likeness (QED) is 0.356. The van der Waals surface area contributed by atoms with Crippen molar-refractivity contribution < 1.29 is 9.53 Å². The molecular formula is C12H22O2. The van der Waals surface area contributed by atoms with E-state index in [1.165, 1.54) is 26.4 Å². The van der Waals surface area contributed by atoms with Gasteiger partial charge in [0.15, 0.2) is 0 Å². The summed E-state index contributed by atoms with van der Waals surface area (Å²) in [7, 11) is 1.40. The molecule has 0 saturated carbocycles. The van der Waals surface area contributed by atoms with E-state index in [0.29, 0.717) is 5.57 Å². The summed E-state index contributed by atoms with van der Waals surface area (Å²) < 4.78 is 4.57. The number of hydrogen-bond donors (Lipinski definition) is 0. The Kier molecular flexibility index (Phi) is 7.17. The fourth-order valence-corrected chi connectivity index (χ4v) is 1.31. The average molecular weight is 198 g/mol. The van der Waals surface area contributed by atoms with Gasteiger partial charge in [-0.2, -0.15) is 0 Å². The molecule has 14 heavy (non-hydrogen) atoms. The Balaban J connectivity index is 3.36. The number of rotatable bonds is 7. The molecular weight excluding hydrogens is 176 g/mol. The Labute approximate surface area is 87.3 Å². The van der Waals surface area contributed by atoms with Crippen LogP contribution in [0, 0.1) is 5.92 Å². The lowest BCUT2D eigenvalue weighted by Gasteiger charge is -2.05. The van der Waals surface area contributed by atoms with E-state index in [1.54, 1.807) is 0 Å². The molecule has 0 aliphatic heterocycles. The SMILES string of the molecule is C=C(CCCCCC(C)C)C(=O)OC. The molecule has 0 saturated heterocycles. The second-order valence-electron chi connectivity index (χ2n) is 4.09. The summed E-state index contributed by atoms with van der Waals surface area (Å²) >= 11 is 0. The van der Waals surface area contributed by atoms with Crippen LogP contribution < -0.4 is 0 Å². The van der Waals surface area contributed by atoms with Crippen molar-refractivity contribution in [1.82, 2.24) is 0 Å². The Bertz CT molecular complexity index is 183. The summed E-state index contributed by atoms with van der Waals surface area (Å²) in [6.45, 7) is 8.14. The van der Waals surface area contributed by atoms with Crippen LogP contribution in [-0.2, 0) is 9.53 Å². The Hall–Kier alpha value is -0.790. The van der Waals surface area contributed by atoms with Gasteiger partial charge >= 0.3 is 5.97 Å². The van der Waals surface area contributed by atoms with Crippen molar-refractivity contribution >= 4 is 5.97 Å². The van der Waals surface area contributed by atoms with Gasteiger partial charge in [0, 0.05) is 5.57 Å². The highest BCUT2D eigenvalue weighted by Gasteiger charge is 2.05. The van der Waals surface area contributed by atoms with Gasteiger partial charge in [0.1, 0.15) is 0 Å². The van der Waals surface area contributed by atoms with Crippen LogP contribution >= 0.6 is 0 Å². The van der Waals surface area contributed by atoms with Crippen molar-refractivity contribution in [3.05, 3.63) is 12.2 Å². The van der Waals surface area contributed by atoms with E-state index < -0.39 is 0 Å². The topological polar surface area (TPSA) is 26.3 Å². The first-order valence-electron chi connectivity index (χ1n) is 5.34. The highest BCUT2D eigenvalue weighted by Crippen LogP contribution is 2.12. The molecule has 0 radical (unpaired) electrons. The number of esters is 1. The highest BCUT2D eigenvalue weighted by atomic mass is 16.5. The predicted octanol–water partition coefficient (Wildman–Crippen LogP) is 3.32. The van der Waals surface area contributed by atoms with Gasteiger partial charge in [-0.15, -0.1) is 0 Å². The summed E-state index contributed by atoms with van der Waals surface area (Å²) in [6, 6.07) is 0. The highest BCUT2D eigenvalue weighted by molar-refractivity contribution is 5.87. The predicted molar refractivity (Wildman–Crippen MR) is 59.1 cm³/mol. The van der Waals surface area contributed by atoms with Gasteiger partial charge in [-0.1, -0.05) is 39.7 Å². The minimum atomic E-state index is -0.270. The molecule has 2 nitrogen and oxygen atoms in total. The zero-order valence-electron chi connectivity index (χ0n) is 9.64. The Morgan fingerprint density at radius 1 is 1.29 bits per heavy atom. The van der Waals surface area contributed by atoms with Crippen molar-refractivity contribution in [2.24, 2.45) is 5.92 Å². The molecule has 0 unspecified atom stereocenters. The third-order valence-electron chi connectivity index (χ3n) is 2.23. The molecule has 0 atom stereocenters. The maximum atomic E-state index is 11.0. The summed E-state index contributed by atoms with van der Waals surface area (Å²) in [4.78, 5) is 11.0. The van der Waals surface area contributed by atoms with Crippen LogP contribution in [0.25, 0.3) is 0 Å². The van der Waals surface area contributed by atoms with Crippen molar-refractivity contribution in [2.75, 3.05) is 7.11 Å². The van der Waals surface area contributed by atoms with Crippen LogP contribution in [-0.4, -0.2) is 13.1 Å². The van der Waals surface area contributed by atoms with Crippen molar-refractivity contribution in [2.45, 2.75) is 46.0 Å². The van der Waals surface area contributed by atoms with E-state index in [-0.39, 0.29) is 5.97 Å². The van der Waals surface area contributed by atoms with Gasteiger partial charge in [0.25, 0.3) is 0 Å². The summed E-state index contributed by atoms with van der Waals surface area (Å²) in [5.74, 6) is 0.507. The maximum absolute atomic E-state index is 11.0. The van der Waals surface area contributed by atoms with Crippen LogP contribution in [0.2, 0.25) is 0 Å². The van der Waals surface area contributed by atoms with E-state index in [2.05, 4.69) is 25.2 Å². The summed E-state index contributed by atoms with van der Waals surface area (Å²) in [5, 5.41) is 0. The lowest BCUT2D eigenvalue weighted by atomic mass is 10.0. The first-order chi connectivity index (χ1) is 6.57. The van der Waals surface area contributed by atoms with Crippen LogP contribution in [0.5, 0.6) is 0 Å². The molecule has 2 heteroatoms. The number of carbonyl (C=O) groups excluding carboxylic acids is 1. The first kappa shape index (κ1) is 13.2. The monoisotopic (exact) mass is 198 g/mol. The van der Waals surface area contributed by atoms with Gasteiger partial charge in [0.2, 0.25) is 0 Å². The molecule has 0 aliphatic carbocycles. The van der Waals surface area contributed by atoms with Gasteiger partial charge in [-0.3, -0.25) is 0 Å². The van der Waals surface area contributed by atoms with Gasteiger partial charge in [-0.05, 0) is 18.8 Å².